The van der Waals surface area contributed by atoms with E-state index in [4.69, 9.17) is 5.73 Å². The molecule has 0 fully saturated rings. The monoisotopic (exact) mass is 411 g/mol. The zero-order valence-corrected chi connectivity index (χ0v) is 17.1. The van der Waals surface area contributed by atoms with Gasteiger partial charge in [0.15, 0.2) is 0 Å². The Morgan fingerprint density at radius 2 is 1.72 bits per heavy atom. The molecule has 0 aliphatic heterocycles. The number of carbonyl (C=O) groups is 3. The molecule has 0 atom stereocenters. The molecule has 9 heteroatoms. The highest BCUT2D eigenvalue weighted by atomic mass is 32.1. The molecule has 3 amide bonds. The van der Waals surface area contributed by atoms with Crippen molar-refractivity contribution in [3.05, 3.63) is 57.6 Å². The fourth-order valence-electron chi connectivity index (χ4n) is 2.83. The van der Waals surface area contributed by atoms with Crippen molar-refractivity contribution in [2.75, 3.05) is 12.3 Å². The Morgan fingerprint density at radius 3 is 2.41 bits per heavy atom. The highest BCUT2D eigenvalue weighted by Crippen LogP contribution is 2.34. The second-order valence-electron chi connectivity index (χ2n) is 6.66. The first kappa shape index (κ1) is 20.3. The van der Waals surface area contributed by atoms with Crippen molar-refractivity contribution in [2.24, 2.45) is 0 Å². The number of amides is 3. The van der Waals surface area contributed by atoms with Crippen molar-refractivity contribution in [1.29, 1.82) is 0 Å². The molecule has 0 spiro atoms. The minimum absolute atomic E-state index is 0.269. The minimum Gasteiger partial charge on any atom is -0.397 e. The summed E-state index contributed by atoms with van der Waals surface area (Å²) in [6.07, 6.45) is 0. The first-order valence-electron chi connectivity index (χ1n) is 8.86. The molecule has 29 heavy (non-hydrogen) atoms. The Balaban J connectivity index is 1.58. The van der Waals surface area contributed by atoms with E-state index in [0.717, 1.165) is 33.5 Å². The number of rotatable bonds is 4. The van der Waals surface area contributed by atoms with Crippen molar-refractivity contribution < 1.29 is 14.4 Å². The SMILES string of the molecule is Cc1ccc(C(=O)NCC(=O)NNC(=O)c2sc3nc(C)cc(C)c3c2N)cc1. The van der Waals surface area contributed by atoms with E-state index < -0.39 is 11.8 Å². The molecule has 0 aliphatic rings. The van der Waals surface area contributed by atoms with Crippen LogP contribution in [0.5, 0.6) is 0 Å². The van der Waals surface area contributed by atoms with Crippen LogP contribution >= 0.6 is 11.3 Å². The molecule has 2 heterocycles. The summed E-state index contributed by atoms with van der Waals surface area (Å²) in [5.41, 5.74) is 14.3. The lowest BCUT2D eigenvalue weighted by Gasteiger charge is -2.08. The number of hydrogen-bond acceptors (Lipinski definition) is 6. The Kier molecular flexibility index (Phi) is 5.79. The first-order chi connectivity index (χ1) is 13.8. The van der Waals surface area contributed by atoms with Crippen LogP contribution in [0.2, 0.25) is 0 Å². The van der Waals surface area contributed by atoms with Crippen LogP contribution in [-0.2, 0) is 4.79 Å². The van der Waals surface area contributed by atoms with Crippen molar-refractivity contribution >= 4 is 45.0 Å². The largest absolute Gasteiger partial charge is 0.397 e. The predicted molar refractivity (Wildman–Crippen MR) is 113 cm³/mol. The average Bonchev–Trinajstić information content (AvgIpc) is 3.01. The molecule has 8 nitrogen and oxygen atoms in total. The lowest BCUT2D eigenvalue weighted by Crippen LogP contribution is -2.46. The molecule has 0 aliphatic carbocycles. The number of nitrogens with two attached hydrogens (primary N) is 1. The van der Waals surface area contributed by atoms with Gasteiger partial charge in [-0.1, -0.05) is 17.7 Å². The van der Waals surface area contributed by atoms with Crippen LogP contribution in [0.25, 0.3) is 10.2 Å². The first-order valence-corrected chi connectivity index (χ1v) is 9.68. The number of anilines is 1. The van der Waals surface area contributed by atoms with Gasteiger partial charge in [-0.2, -0.15) is 0 Å². The lowest BCUT2D eigenvalue weighted by molar-refractivity contribution is -0.120. The fraction of sp³-hybridized carbons (Fsp3) is 0.200. The van der Waals surface area contributed by atoms with Crippen LogP contribution < -0.4 is 21.9 Å². The normalized spacial score (nSPS) is 10.6. The summed E-state index contributed by atoms with van der Waals surface area (Å²) in [5.74, 6) is -1.48. The second-order valence-corrected chi connectivity index (χ2v) is 7.66. The molecule has 150 valence electrons. The maximum Gasteiger partial charge on any atom is 0.281 e. The molecule has 3 aromatic rings. The summed E-state index contributed by atoms with van der Waals surface area (Å²) < 4.78 is 0. The maximum atomic E-state index is 12.4. The number of aromatic nitrogens is 1. The van der Waals surface area contributed by atoms with Crippen LogP contribution in [-0.4, -0.2) is 29.3 Å². The molecular weight excluding hydrogens is 390 g/mol. The third-order valence-corrected chi connectivity index (χ3v) is 5.37. The molecule has 2 aromatic heterocycles. The number of nitrogen functional groups attached to an aromatic ring is 1. The van der Waals surface area contributed by atoms with E-state index in [0.29, 0.717) is 16.1 Å². The number of hydrogen-bond donors (Lipinski definition) is 4. The predicted octanol–water partition coefficient (Wildman–Crippen LogP) is 1.99. The molecule has 0 saturated carbocycles. The van der Waals surface area contributed by atoms with Crippen LogP contribution in [0.4, 0.5) is 5.69 Å². The number of thiophene rings is 1. The van der Waals surface area contributed by atoms with Crippen LogP contribution in [0.1, 0.15) is 36.9 Å². The van der Waals surface area contributed by atoms with E-state index in [9.17, 15) is 14.4 Å². The van der Waals surface area contributed by atoms with Gasteiger partial charge in [0, 0.05) is 16.6 Å². The third-order valence-electron chi connectivity index (χ3n) is 4.27. The topological polar surface area (TPSA) is 126 Å². The standard InChI is InChI=1S/C20H21N5O3S/c1-10-4-6-13(7-5-10)18(27)22-9-14(26)24-25-19(28)17-16(21)15-11(2)8-12(3)23-20(15)29-17/h4-8H,9,21H2,1-3H3,(H,22,27)(H,24,26)(H,25,28). The number of benzene rings is 1. The van der Waals surface area contributed by atoms with Crippen LogP contribution in [0.3, 0.4) is 0 Å². The summed E-state index contributed by atoms with van der Waals surface area (Å²) in [5, 5.41) is 3.23. The van der Waals surface area contributed by atoms with Gasteiger partial charge >= 0.3 is 0 Å². The molecule has 0 radical (unpaired) electrons. The van der Waals surface area contributed by atoms with E-state index in [1.807, 2.05) is 39.0 Å². The summed E-state index contributed by atoms with van der Waals surface area (Å²) in [6, 6.07) is 8.86. The van der Waals surface area contributed by atoms with Crippen LogP contribution in [0, 0.1) is 20.8 Å². The number of nitrogens with one attached hydrogen (secondary N) is 3. The van der Waals surface area contributed by atoms with Gasteiger partial charge in [0.25, 0.3) is 17.7 Å². The zero-order chi connectivity index (χ0) is 21.1. The maximum absolute atomic E-state index is 12.4. The molecule has 0 bridgehead atoms. The number of nitrogens with zero attached hydrogens (tertiary/aromatic N) is 1. The van der Waals surface area contributed by atoms with Gasteiger partial charge in [0.2, 0.25) is 0 Å². The van der Waals surface area contributed by atoms with Gasteiger partial charge in [-0.05, 0) is 44.5 Å². The molecule has 0 saturated heterocycles. The van der Waals surface area contributed by atoms with Gasteiger partial charge in [-0.25, -0.2) is 4.98 Å². The average molecular weight is 411 g/mol. The zero-order valence-electron chi connectivity index (χ0n) is 16.3. The van der Waals surface area contributed by atoms with Gasteiger partial charge < -0.3 is 11.1 Å². The molecule has 3 rings (SSSR count). The van der Waals surface area contributed by atoms with Crippen molar-refractivity contribution in [1.82, 2.24) is 21.2 Å². The summed E-state index contributed by atoms with van der Waals surface area (Å²) >= 11 is 1.16. The highest BCUT2D eigenvalue weighted by molar-refractivity contribution is 7.21. The van der Waals surface area contributed by atoms with Crippen molar-refractivity contribution in [2.45, 2.75) is 20.8 Å². The number of hydrazine groups is 1. The van der Waals surface area contributed by atoms with Gasteiger partial charge in [-0.3, -0.25) is 25.2 Å². The lowest BCUT2D eigenvalue weighted by atomic mass is 10.1. The van der Waals surface area contributed by atoms with Gasteiger partial charge in [0.05, 0.1) is 12.2 Å². The number of pyridine rings is 1. The smallest absolute Gasteiger partial charge is 0.281 e. The highest BCUT2D eigenvalue weighted by Gasteiger charge is 2.19. The van der Waals surface area contributed by atoms with Crippen molar-refractivity contribution in [3.63, 3.8) is 0 Å². The summed E-state index contributed by atoms with van der Waals surface area (Å²) in [6.45, 7) is 5.40. The van der Waals surface area contributed by atoms with E-state index in [1.165, 1.54) is 0 Å². The van der Waals surface area contributed by atoms with E-state index in [2.05, 4.69) is 21.2 Å². The minimum atomic E-state index is -0.566. The Morgan fingerprint density at radius 1 is 1.03 bits per heavy atom. The summed E-state index contributed by atoms with van der Waals surface area (Å²) in [7, 11) is 0. The molecular formula is C20H21N5O3S. The number of aryl methyl sites for hydroxylation is 3. The molecule has 0 unspecified atom stereocenters. The van der Waals surface area contributed by atoms with Crippen molar-refractivity contribution in [3.8, 4) is 0 Å². The third kappa shape index (κ3) is 4.52. The Bertz CT molecular complexity index is 1110. The quantitative estimate of drug-likeness (QED) is 0.489. The Hall–Kier alpha value is -3.46. The summed E-state index contributed by atoms with van der Waals surface area (Å²) in [4.78, 5) is 41.7. The van der Waals surface area contributed by atoms with Gasteiger partial charge in [0.1, 0.15) is 9.71 Å². The second kappa shape index (κ2) is 8.27. The Labute approximate surface area is 171 Å². The van der Waals surface area contributed by atoms with E-state index in [-0.39, 0.29) is 17.3 Å². The van der Waals surface area contributed by atoms with Gasteiger partial charge in [-0.15, -0.1) is 11.3 Å². The number of fused-ring (bicyclic) bond motifs is 1. The van der Waals surface area contributed by atoms with E-state index in [1.54, 1.807) is 12.1 Å². The number of carbonyl (C=O) groups excluding carboxylic acids is 3. The molecule has 5 N–H and O–H groups in total. The molecule has 1 aromatic carbocycles. The van der Waals surface area contributed by atoms with Crippen LogP contribution in [0.15, 0.2) is 30.3 Å². The fourth-order valence-corrected chi connectivity index (χ4v) is 3.94. The van der Waals surface area contributed by atoms with E-state index >= 15 is 0 Å².